The summed E-state index contributed by atoms with van der Waals surface area (Å²) in [4.78, 5) is 0. The van der Waals surface area contributed by atoms with Crippen LogP contribution in [-0.4, -0.2) is 11.7 Å². The molecule has 0 unspecified atom stereocenters. The van der Waals surface area contributed by atoms with Crippen LogP contribution in [0.4, 0.5) is 0 Å². The third-order valence-electron chi connectivity index (χ3n) is 1.36. The van der Waals surface area contributed by atoms with Gasteiger partial charge >= 0.3 is 0 Å². The summed E-state index contributed by atoms with van der Waals surface area (Å²) in [5.41, 5.74) is 0. The molecule has 0 heterocycles. The monoisotopic (exact) mass is 142 g/mol. The van der Waals surface area contributed by atoms with Crippen molar-refractivity contribution in [3.05, 3.63) is 12.2 Å². The Bertz CT molecular complexity index is 94.9. The van der Waals surface area contributed by atoms with Gasteiger partial charge in [0.1, 0.15) is 0 Å². The van der Waals surface area contributed by atoms with Crippen LogP contribution in [0.25, 0.3) is 0 Å². The maximum Gasteiger partial charge on any atom is 0.0491 e. The Hall–Kier alpha value is -0.300. The second-order valence-corrected chi connectivity index (χ2v) is 3.22. The zero-order valence-electron chi connectivity index (χ0n) is 7.17. The lowest BCUT2D eigenvalue weighted by Gasteiger charge is -2.00. The van der Waals surface area contributed by atoms with E-state index in [4.69, 9.17) is 5.11 Å². The van der Waals surface area contributed by atoms with Crippen LogP contribution in [-0.2, 0) is 0 Å². The summed E-state index contributed by atoms with van der Waals surface area (Å²) < 4.78 is 0. The van der Waals surface area contributed by atoms with Crippen molar-refractivity contribution in [2.45, 2.75) is 27.2 Å². The van der Waals surface area contributed by atoms with Crippen molar-refractivity contribution >= 4 is 0 Å². The van der Waals surface area contributed by atoms with E-state index in [0.717, 1.165) is 12.3 Å². The third-order valence-corrected chi connectivity index (χ3v) is 1.36. The van der Waals surface area contributed by atoms with E-state index in [-0.39, 0.29) is 6.61 Å². The summed E-state index contributed by atoms with van der Waals surface area (Å²) in [5, 5.41) is 8.65. The molecule has 1 atom stereocenters. The molecule has 0 aromatic rings. The van der Waals surface area contributed by atoms with E-state index in [0.29, 0.717) is 5.92 Å². The lowest BCUT2D eigenvalue weighted by Crippen LogP contribution is -1.95. The Morgan fingerprint density at radius 3 is 2.30 bits per heavy atom. The number of hydrogen-bond donors (Lipinski definition) is 1. The first-order chi connectivity index (χ1) is 4.66. The molecule has 0 aliphatic heterocycles. The van der Waals surface area contributed by atoms with E-state index in [1.54, 1.807) is 0 Å². The predicted molar refractivity (Wildman–Crippen MR) is 44.8 cm³/mol. The van der Waals surface area contributed by atoms with Gasteiger partial charge < -0.3 is 5.11 Å². The standard InChI is InChI=1S/C9H18O/c1-8(2)5-4-6-9(3)7-10/h4,6,8-10H,5,7H2,1-3H3/b6-4+/t9-/m0/s1. The maximum absolute atomic E-state index is 8.65. The van der Waals surface area contributed by atoms with Gasteiger partial charge in [0.15, 0.2) is 0 Å². The Kier molecular flexibility index (Phi) is 5.32. The fourth-order valence-corrected chi connectivity index (χ4v) is 0.644. The zero-order valence-corrected chi connectivity index (χ0v) is 7.17. The van der Waals surface area contributed by atoms with Gasteiger partial charge in [0.2, 0.25) is 0 Å². The molecule has 0 rings (SSSR count). The van der Waals surface area contributed by atoms with E-state index in [9.17, 15) is 0 Å². The summed E-state index contributed by atoms with van der Waals surface area (Å²) in [6, 6.07) is 0. The quantitative estimate of drug-likeness (QED) is 0.597. The SMILES string of the molecule is CC(C)C/C=C/[C@H](C)CO. The number of rotatable bonds is 4. The number of hydrogen-bond acceptors (Lipinski definition) is 1. The molecule has 0 aromatic heterocycles. The van der Waals surface area contributed by atoms with Crippen LogP contribution >= 0.6 is 0 Å². The minimum atomic E-state index is 0.259. The Labute approximate surface area is 63.8 Å². The number of aliphatic hydroxyl groups is 1. The van der Waals surface area contributed by atoms with Crippen LogP contribution in [0.15, 0.2) is 12.2 Å². The molecule has 1 nitrogen and oxygen atoms in total. The number of aliphatic hydroxyl groups excluding tert-OH is 1. The second-order valence-electron chi connectivity index (χ2n) is 3.22. The van der Waals surface area contributed by atoms with E-state index < -0.39 is 0 Å². The topological polar surface area (TPSA) is 20.2 Å². The Morgan fingerprint density at radius 2 is 1.90 bits per heavy atom. The van der Waals surface area contributed by atoms with Crippen LogP contribution in [0.2, 0.25) is 0 Å². The fraction of sp³-hybridized carbons (Fsp3) is 0.778. The van der Waals surface area contributed by atoms with Crippen molar-refractivity contribution in [1.82, 2.24) is 0 Å². The van der Waals surface area contributed by atoms with E-state index in [1.165, 1.54) is 0 Å². The molecule has 0 aromatic carbocycles. The molecule has 10 heavy (non-hydrogen) atoms. The van der Waals surface area contributed by atoms with Gasteiger partial charge in [-0.1, -0.05) is 32.9 Å². The lowest BCUT2D eigenvalue weighted by atomic mass is 10.1. The van der Waals surface area contributed by atoms with E-state index in [2.05, 4.69) is 26.0 Å². The first-order valence-corrected chi connectivity index (χ1v) is 3.94. The van der Waals surface area contributed by atoms with Crippen LogP contribution in [0, 0.1) is 11.8 Å². The summed E-state index contributed by atoms with van der Waals surface area (Å²) in [5.74, 6) is 1.04. The van der Waals surface area contributed by atoms with Gasteiger partial charge in [0.25, 0.3) is 0 Å². The van der Waals surface area contributed by atoms with Gasteiger partial charge in [-0.05, 0) is 18.3 Å². The molecule has 0 amide bonds. The van der Waals surface area contributed by atoms with Crippen molar-refractivity contribution in [2.75, 3.05) is 6.61 Å². The average molecular weight is 142 g/mol. The molecule has 0 saturated carbocycles. The molecule has 0 aliphatic carbocycles. The highest BCUT2D eigenvalue weighted by atomic mass is 16.3. The molecule has 60 valence electrons. The maximum atomic E-state index is 8.65. The molecule has 0 bridgehead atoms. The van der Waals surface area contributed by atoms with Crippen molar-refractivity contribution in [3.63, 3.8) is 0 Å². The molecule has 0 saturated heterocycles. The summed E-state index contributed by atoms with van der Waals surface area (Å²) in [6.07, 6.45) is 5.33. The smallest absolute Gasteiger partial charge is 0.0491 e. The van der Waals surface area contributed by atoms with Gasteiger partial charge in [-0.3, -0.25) is 0 Å². The minimum Gasteiger partial charge on any atom is -0.396 e. The van der Waals surface area contributed by atoms with Gasteiger partial charge in [-0.2, -0.15) is 0 Å². The molecular weight excluding hydrogens is 124 g/mol. The molecule has 1 heteroatoms. The Balaban J connectivity index is 3.36. The highest BCUT2D eigenvalue weighted by molar-refractivity contribution is 4.86. The second kappa shape index (κ2) is 5.48. The van der Waals surface area contributed by atoms with Gasteiger partial charge in [0, 0.05) is 6.61 Å². The van der Waals surface area contributed by atoms with Crippen LogP contribution in [0.1, 0.15) is 27.2 Å². The highest BCUT2D eigenvalue weighted by Gasteiger charge is 1.92. The first kappa shape index (κ1) is 9.70. The molecule has 0 aliphatic rings. The van der Waals surface area contributed by atoms with Crippen LogP contribution in [0.3, 0.4) is 0 Å². The van der Waals surface area contributed by atoms with Crippen molar-refractivity contribution < 1.29 is 5.11 Å². The number of allylic oxidation sites excluding steroid dienone is 1. The predicted octanol–water partition coefficient (Wildman–Crippen LogP) is 2.22. The highest BCUT2D eigenvalue weighted by Crippen LogP contribution is 2.02. The lowest BCUT2D eigenvalue weighted by molar-refractivity contribution is 0.261. The van der Waals surface area contributed by atoms with Crippen LogP contribution in [0.5, 0.6) is 0 Å². The van der Waals surface area contributed by atoms with E-state index >= 15 is 0 Å². The normalized spacial score (nSPS) is 14.9. The summed E-state index contributed by atoms with van der Waals surface area (Å²) in [7, 11) is 0. The van der Waals surface area contributed by atoms with Crippen LogP contribution < -0.4 is 0 Å². The summed E-state index contributed by atoms with van der Waals surface area (Å²) >= 11 is 0. The first-order valence-electron chi connectivity index (χ1n) is 3.94. The van der Waals surface area contributed by atoms with Crippen molar-refractivity contribution in [3.8, 4) is 0 Å². The van der Waals surface area contributed by atoms with Gasteiger partial charge in [-0.25, -0.2) is 0 Å². The van der Waals surface area contributed by atoms with Crippen molar-refractivity contribution in [1.29, 1.82) is 0 Å². The summed E-state index contributed by atoms with van der Waals surface area (Å²) in [6.45, 7) is 6.65. The Morgan fingerprint density at radius 1 is 1.30 bits per heavy atom. The molecular formula is C9H18O. The van der Waals surface area contributed by atoms with Gasteiger partial charge in [0.05, 0.1) is 0 Å². The van der Waals surface area contributed by atoms with Gasteiger partial charge in [-0.15, -0.1) is 0 Å². The minimum absolute atomic E-state index is 0.259. The molecule has 0 fully saturated rings. The zero-order chi connectivity index (χ0) is 7.98. The van der Waals surface area contributed by atoms with E-state index in [1.807, 2.05) is 6.92 Å². The largest absolute Gasteiger partial charge is 0.396 e. The molecule has 1 N–H and O–H groups in total. The fourth-order valence-electron chi connectivity index (χ4n) is 0.644. The molecule has 0 radical (unpaired) electrons. The third kappa shape index (κ3) is 5.83. The van der Waals surface area contributed by atoms with Crippen molar-refractivity contribution in [2.24, 2.45) is 11.8 Å². The average Bonchev–Trinajstić information content (AvgIpc) is 1.87. The molecule has 0 spiro atoms.